The fraction of sp³-hybridized carbons (Fsp3) is 0.353. The molecule has 1 aromatic heterocycles. The maximum atomic E-state index is 12.6. The summed E-state index contributed by atoms with van der Waals surface area (Å²) in [5.41, 5.74) is 7.25. The van der Waals surface area contributed by atoms with E-state index in [-0.39, 0.29) is 29.3 Å². The summed E-state index contributed by atoms with van der Waals surface area (Å²) in [4.78, 5) is 14.4. The molecule has 1 aliphatic rings. The van der Waals surface area contributed by atoms with Gasteiger partial charge in [0.25, 0.3) is 15.9 Å². The van der Waals surface area contributed by atoms with Crippen LogP contribution >= 0.6 is 12.4 Å². The lowest BCUT2D eigenvalue weighted by atomic mass is 10.1. The zero-order valence-electron chi connectivity index (χ0n) is 14.0. The van der Waals surface area contributed by atoms with Crippen molar-refractivity contribution in [2.75, 3.05) is 13.1 Å². The molecule has 25 heavy (non-hydrogen) atoms. The van der Waals surface area contributed by atoms with E-state index in [2.05, 4.69) is 0 Å². The second-order valence-corrected chi connectivity index (χ2v) is 8.04. The maximum Gasteiger partial charge on any atom is 0.267 e. The van der Waals surface area contributed by atoms with Crippen molar-refractivity contribution in [1.29, 1.82) is 0 Å². The molecule has 0 radical (unpaired) electrons. The Morgan fingerprint density at radius 3 is 2.52 bits per heavy atom. The number of carbonyl (C=O) groups excluding carboxylic acids is 1. The number of piperidine rings is 1. The Morgan fingerprint density at radius 2 is 1.88 bits per heavy atom. The van der Waals surface area contributed by atoms with Crippen molar-refractivity contribution in [2.45, 2.75) is 30.7 Å². The van der Waals surface area contributed by atoms with Crippen LogP contribution in [-0.2, 0) is 10.0 Å². The Morgan fingerprint density at radius 1 is 1.20 bits per heavy atom. The molecular formula is C17H22ClN3O3S. The molecule has 2 N–H and O–H groups in total. The van der Waals surface area contributed by atoms with Crippen LogP contribution in [0.1, 0.15) is 28.8 Å². The van der Waals surface area contributed by atoms with E-state index in [0.717, 1.165) is 22.4 Å². The second-order valence-electron chi connectivity index (χ2n) is 6.20. The number of likely N-dealkylation sites (tertiary alicyclic amines) is 1. The van der Waals surface area contributed by atoms with Crippen LogP contribution in [0.15, 0.2) is 47.6 Å². The monoisotopic (exact) mass is 383 g/mol. The SMILES string of the molecule is Cc1ccc(S(=O)(=O)n2ccc(C(=O)N3CCCC(N)C3)c2)cc1.Cl. The first-order chi connectivity index (χ1) is 11.4. The van der Waals surface area contributed by atoms with E-state index in [4.69, 9.17) is 5.73 Å². The van der Waals surface area contributed by atoms with Crippen molar-refractivity contribution in [3.63, 3.8) is 0 Å². The third kappa shape index (κ3) is 4.05. The van der Waals surface area contributed by atoms with E-state index in [0.29, 0.717) is 18.7 Å². The number of hydrogen-bond donors (Lipinski definition) is 1. The van der Waals surface area contributed by atoms with Gasteiger partial charge in [-0.05, 0) is 38.0 Å². The standard InChI is InChI=1S/C17H21N3O3S.ClH/c1-13-4-6-16(7-5-13)24(22,23)20-10-8-14(11-20)17(21)19-9-2-3-15(18)12-19;/h4-8,10-11,15H,2-3,9,12,18H2,1H3;1H. The van der Waals surface area contributed by atoms with Crippen LogP contribution in [0.3, 0.4) is 0 Å². The molecule has 1 saturated heterocycles. The van der Waals surface area contributed by atoms with Crippen molar-refractivity contribution in [3.8, 4) is 0 Å². The highest BCUT2D eigenvalue weighted by molar-refractivity contribution is 7.90. The molecule has 0 spiro atoms. The number of amides is 1. The Labute approximate surface area is 154 Å². The smallest absolute Gasteiger partial charge is 0.267 e. The summed E-state index contributed by atoms with van der Waals surface area (Å²) in [6, 6.07) is 8.15. The van der Waals surface area contributed by atoms with Gasteiger partial charge in [0, 0.05) is 31.5 Å². The van der Waals surface area contributed by atoms with Gasteiger partial charge >= 0.3 is 0 Å². The van der Waals surface area contributed by atoms with E-state index in [1.54, 1.807) is 29.2 Å². The average Bonchev–Trinajstić information content (AvgIpc) is 3.05. The summed E-state index contributed by atoms with van der Waals surface area (Å²) >= 11 is 0. The predicted molar refractivity (Wildman–Crippen MR) is 98.6 cm³/mol. The van der Waals surface area contributed by atoms with Gasteiger partial charge in [0.2, 0.25) is 0 Å². The minimum atomic E-state index is -3.69. The molecule has 1 aromatic carbocycles. The largest absolute Gasteiger partial charge is 0.337 e. The molecule has 1 unspecified atom stereocenters. The number of hydrogen-bond acceptors (Lipinski definition) is 4. The minimum absolute atomic E-state index is 0. The number of carbonyl (C=O) groups is 1. The molecular weight excluding hydrogens is 362 g/mol. The number of rotatable bonds is 3. The molecule has 8 heteroatoms. The Bertz CT molecular complexity index is 846. The molecule has 2 heterocycles. The highest BCUT2D eigenvalue weighted by Gasteiger charge is 2.24. The van der Waals surface area contributed by atoms with Crippen LogP contribution < -0.4 is 5.73 Å². The van der Waals surface area contributed by atoms with Gasteiger partial charge in [-0.15, -0.1) is 12.4 Å². The molecule has 0 aliphatic carbocycles. The topological polar surface area (TPSA) is 85.4 Å². The molecule has 1 atom stereocenters. The van der Waals surface area contributed by atoms with E-state index in [1.165, 1.54) is 18.5 Å². The highest BCUT2D eigenvalue weighted by Crippen LogP contribution is 2.18. The fourth-order valence-electron chi connectivity index (χ4n) is 2.86. The van der Waals surface area contributed by atoms with E-state index in [1.807, 2.05) is 6.92 Å². The van der Waals surface area contributed by atoms with Gasteiger partial charge in [0.1, 0.15) is 0 Å². The molecule has 136 valence electrons. The number of halogens is 1. The van der Waals surface area contributed by atoms with Crippen molar-refractivity contribution >= 4 is 28.3 Å². The van der Waals surface area contributed by atoms with Gasteiger partial charge in [-0.2, -0.15) is 0 Å². The lowest BCUT2D eigenvalue weighted by Crippen LogP contribution is -2.45. The number of nitrogens with zero attached hydrogens (tertiary/aromatic N) is 2. The number of aryl methyl sites for hydroxylation is 1. The first kappa shape index (κ1) is 19.5. The van der Waals surface area contributed by atoms with E-state index < -0.39 is 10.0 Å². The van der Waals surface area contributed by atoms with Crippen LogP contribution in [0, 0.1) is 6.92 Å². The number of benzene rings is 1. The minimum Gasteiger partial charge on any atom is -0.337 e. The Balaban J connectivity index is 0.00000225. The van der Waals surface area contributed by atoms with E-state index in [9.17, 15) is 13.2 Å². The third-order valence-electron chi connectivity index (χ3n) is 4.26. The Kier molecular flexibility index (Phi) is 5.92. The summed E-state index contributed by atoms with van der Waals surface area (Å²) in [6.07, 6.45) is 4.56. The molecule has 1 aliphatic heterocycles. The normalized spacial score (nSPS) is 17.8. The molecule has 3 rings (SSSR count). The summed E-state index contributed by atoms with van der Waals surface area (Å²) < 4.78 is 26.3. The lowest BCUT2D eigenvalue weighted by Gasteiger charge is -2.30. The summed E-state index contributed by atoms with van der Waals surface area (Å²) in [5.74, 6) is -0.178. The highest BCUT2D eigenvalue weighted by atomic mass is 35.5. The van der Waals surface area contributed by atoms with Crippen LogP contribution in [0.25, 0.3) is 0 Å². The molecule has 0 saturated carbocycles. The van der Waals surface area contributed by atoms with Crippen LogP contribution in [0.2, 0.25) is 0 Å². The predicted octanol–water partition coefficient (Wildman–Crippen LogP) is 2.02. The molecule has 1 fully saturated rings. The van der Waals surface area contributed by atoms with Gasteiger partial charge in [-0.25, -0.2) is 12.4 Å². The van der Waals surface area contributed by atoms with Crippen molar-refractivity contribution in [3.05, 3.63) is 53.9 Å². The maximum absolute atomic E-state index is 12.6. The van der Waals surface area contributed by atoms with Crippen LogP contribution in [0.4, 0.5) is 0 Å². The summed E-state index contributed by atoms with van der Waals surface area (Å²) in [6.45, 7) is 3.06. The van der Waals surface area contributed by atoms with Crippen LogP contribution in [0.5, 0.6) is 0 Å². The quantitative estimate of drug-likeness (QED) is 0.878. The third-order valence-corrected chi connectivity index (χ3v) is 5.91. The van der Waals surface area contributed by atoms with Gasteiger partial charge in [0.15, 0.2) is 0 Å². The summed E-state index contributed by atoms with van der Waals surface area (Å²) in [5, 5.41) is 0. The number of aromatic nitrogens is 1. The first-order valence-corrected chi connectivity index (χ1v) is 9.37. The zero-order valence-corrected chi connectivity index (χ0v) is 15.6. The number of nitrogens with two attached hydrogens (primary N) is 1. The average molecular weight is 384 g/mol. The fourth-order valence-corrected chi connectivity index (χ4v) is 4.06. The van der Waals surface area contributed by atoms with Gasteiger partial charge in [-0.3, -0.25) is 4.79 Å². The molecule has 0 bridgehead atoms. The second kappa shape index (κ2) is 7.59. The lowest BCUT2D eigenvalue weighted by molar-refractivity contribution is 0.0709. The molecule has 2 aromatic rings. The van der Waals surface area contributed by atoms with Crippen LogP contribution in [-0.4, -0.2) is 42.3 Å². The van der Waals surface area contributed by atoms with Gasteiger partial charge in [-0.1, -0.05) is 17.7 Å². The van der Waals surface area contributed by atoms with Crippen molar-refractivity contribution < 1.29 is 13.2 Å². The van der Waals surface area contributed by atoms with E-state index >= 15 is 0 Å². The van der Waals surface area contributed by atoms with Crippen molar-refractivity contribution in [2.24, 2.45) is 5.73 Å². The van der Waals surface area contributed by atoms with Crippen molar-refractivity contribution in [1.82, 2.24) is 8.87 Å². The molecule has 6 nitrogen and oxygen atoms in total. The molecule has 1 amide bonds. The van der Waals surface area contributed by atoms with Gasteiger partial charge < -0.3 is 10.6 Å². The zero-order chi connectivity index (χ0) is 17.3. The summed E-state index contributed by atoms with van der Waals surface area (Å²) in [7, 11) is -3.69. The Hall–Kier alpha value is -1.83. The first-order valence-electron chi connectivity index (χ1n) is 7.93. The van der Waals surface area contributed by atoms with Gasteiger partial charge in [0.05, 0.1) is 10.5 Å².